The number of nitrogens with one attached hydrogen (secondary N) is 1. The van der Waals surface area contributed by atoms with Crippen LogP contribution in [0.4, 0.5) is 0 Å². The highest BCUT2D eigenvalue weighted by atomic mass is 16.5. The fourth-order valence-electron chi connectivity index (χ4n) is 4.89. The Morgan fingerprint density at radius 1 is 1.21 bits per heavy atom. The number of hydrogen-bond acceptors (Lipinski definition) is 3. The second-order valence-corrected chi connectivity index (χ2v) is 7.73. The Kier molecular flexibility index (Phi) is 4.91. The fourth-order valence-corrected chi connectivity index (χ4v) is 4.89. The van der Waals surface area contributed by atoms with Crippen molar-refractivity contribution >= 4 is 0 Å². The normalized spacial score (nSPS) is 30.1. The van der Waals surface area contributed by atoms with Gasteiger partial charge in [-0.05, 0) is 80.8 Å². The van der Waals surface area contributed by atoms with Crippen molar-refractivity contribution in [1.29, 1.82) is 0 Å². The highest BCUT2D eigenvalue weighted by molar-refractivity contribution is 5.31. The molecule has 1 saturated heterocycles. The molecule has 2 fully saturated rings. The van der Waals surface area contributed by atoms with Gasteiger partial charge in [0.2, 0.25) is 0 Å². The SMILES string of the molecule is COc1cccc(C(CNCC2CC3C=CC2C3)N2CCCC2)c1. The van der Waals surface area contributed by atoms with E-state index in [1.807, 2.05) is 6.07 Å². The first-order valence-corrected chi connectivity index (χ1v) is 9.60. The lowest BCUT2D eigenvalue weighted by Gasteiger charge is -2.29. The molecule has 2 aliphatic carbocycles. The fraction of sp³-hybridized carbons (Fsp3) is 0.619. The number of rotatable bonds is 7. The Balaban J connectivity index is 1.39. The predicted octanol–water partition coefficient (Wildman–Crippen LogP) is 3.63. The van der Waals surface area contributed by atoms with Gasteiger partial charge in [0.05, 0.1) is 7.11 Å². The van der Waals surface area contributed by atoms with Crippen molar-refractivity contribution in [1.82, 2.24) is 10.2 Å². The molecule has 24 heavy (non-hydrogen) atoms. The Morgan fingerprint density at radius 2 is 2.08 bits per heavy atom. The first-order chi connectivity index (χ1) is 11.8. The second-order valence-electron chi connectivity index (χ2n) is 7.73. The molecule has 130 valence electrons. The van der Waals surface area contributed by atoms with Crippen LogP contribution in [0.15, 0.2) is 36.4 Å². The van der Waals surface area contributed by atoms with Crippen LogP contribution in [-0.4, -0.2) is 38.2 Å². The van der Waals surface area contributed by atoms with E-state index in [9.17, 15) is 0 Å². The maximum Gasteiger partial charge on any atom is 0.119 e. The molecular formula is C21H30N2O. The summed E-state index contributed by atoms with van der Waals surface area (Å²) in [4.78, 5) is 2.64. The number of likely N-dealkylation sites (tertiary alicyclic amines) is 1. The van der Waals surface area contributed by atoms with Crippen LogP contribution in [0.2, 0.25) is 0 Å². The quantitative estimate of drug-likeness (QED) is 0.774. The average Bonchev–Trinajstić information content (AvgIpc) is 3.36. The van der Waals surface area contributed by atoms with E-state index >= 15 is 0 Å². The highest BCUT2D eigenvalue weighted by Gasteiger charge is 2.35. The van der Waals surface area contributed by atoms with Crippen LogP contribution in [0.3, 0.4) is 0 Å². The van der Waals surface area contributed by atoms with Crippen molar-refractivity contribution < 1.29 is 4.74 Å². The molecule has 3 nitrogen and oxygen atoms in total. The summed E-state index contributed by atoms with van der Waals surface area (Å²) in [6.07, 6.45) is 10.3. The Bertz CT molecular complexity index is 579. The van der Waals surface area contributed by atoms with E-state index in [0.717, 1.165) is 30.0 Å². The second kappa shape index (κ2) is 7.28. The Labute approximate surface area is 146 Å². The minimum atomic E-state index is 0.469. The summed E-state index contributed by atoms with van der Waals surface area (Å²) in [7, 11) is 1.75. The van der Waals surface area contributed by atoms with E-state index in [0.29, 0.717) is 6.04 Å². The minimum absolute atomic E-state index is 0.469. The number of nitrogens with zero attached hydrogens (tertiary/aromatic N) is 1. The van der Waals surface area contributed by atoms with Crippen LogP contribution in [0, 0.1) is 17.8 Å². The van der Waals surface area contributed by atoms with Crippen LogP contribution in [-0.2, 0) is 0 Å². The van der Waals surface area contributed by atoms with Crippen molar-refractivity contribution in [2.75, 3.05) is 33.3 Å². The molecule has 0 amide bonds. The number of ether oxygens (including phenoxy) is 1. The van der Waals surface area contributed by atoms with Crippen molar-refractivity contribution in [2.24, 2.45) is 17.8 Å². The van der Waals surface area contributed by atoms with Gasteiger partial charge in [-0.2, -0.15) is 0 Å². The van der Waals surface area contributed by atoms with E-state index in [4.69, 9.17) is 4.74 Å². The zero-order valence-electron chi connectivity index (χ0n) is 14.8. The van der Waals surface area contributed by atoms with Crippen molar-refractivity contribution in [3.05, 3.63) is 42.0 Å². The van der Waals surface area contributed by atoms with Gasteiger partial charge in [0.1, 0.15) is 5.75 Å². The lowest BCUT2D eigenvalue weighted by molar-refractivity contribution is 0.233. The number of fused-ring (bicyclic) bond motifs is 2. The highest BCUT2D eigenvalue weighted by Crippen LogP contribution is 2.43. The van der Waals surface area contributed by atoms with Crippen LogP contribution in [0.25, 0.3) is 0 Å². The number of hydrogen-bond donors (Lipinski definition) is 1. The van der Waals surface area contributed by atoms with Gasteiger partial charge in [0.15, 0.2) is 0 Å². The van der Waals surface area contributed by atoms with E-state index < -0.39 is 0 Å². The molecule has 0 radical (unpaired) electrons. The Morgan fingerprint density at radius 3 is 2.79 bits per heavy atom. The largest absolute Gasteiger partial charge is 0.497 e. The molecule has 1 saturated carbocycles. The molecule has 1 N–H and O–H groups in total. The topological polar surface area (TPSA) is 24.5 Å². The first kappa shape index (κ1) is 16.2. The molecule has 2 bridgehead atoms. The molecule has 0 spiro atoms. The van der Waals surface area contributed by atoms with Gasteiger partial charge in [-0.15, -0.1) is 0 Å². The molecular weight excluding hydrogens is 296 g/mol. The zero-order valence-corrected chi connectivity index (χ0v) is 14.8. The van der Waals surface area contributed by atoms with Gasteiger partial charge in [0, 0.05) is 12.6 Å². The third-order valence-electron chi connectivity index (χ3n) is 6.22. The molecule has 4 unspecified atom stereocenters. The average molecular weight is 326 g/mol. The summed E-state index contributed by atoms with van der Waals surface area (Å²) in [5.74, 6) is 3.53. The predicted molar refractivity (Wildman–Crippen MR) is 98.3 cm³/mol. The molecule has 4 atom stereocenters. The molecule has 1 aromatic rings. The van der Waals surface area contributed by atoms with Crippen molar-refractivity contribution in [2.45, 2.75) is 31.7 Å². The molecule has 1 aliphatic heterocycles. The van der Waals surface area contributed by atoms with Gasteiger partial charge in [-0.3, -0.25) is 4.90 Å². The van der Waals surface area contributed by atoms with E-state index in [-0.39, 0.29) is 0 Å². The number of benzene rings is 1. The molecule has 0 aromatic heterocycles. The Hall–Kier alpha value is -1.32. The van der Waals surface area contributed by atoms with Gasteiger partial charge < -0.3 is 10.1 Å². The number of methoxy groups -OCH3 is 1. The van der Waals surface area contributed by atoms with Gasteiger partial charge in [-0.1, -0.05) is 24.3 Å². The van der Waals surface area contributed by atoms with Crippen LogP contribution >= 0.6 is 0 Å². The molecule has 1 aromatic carbocycles. The maximum atomic E-state index is 5.44. The zero-order chi connectivity index (χ0) is 16.4. The third-order valence-corrected chi connectivity index (χ3v) is 6.22. The summed E-state index contributed by atoms with van der Waals surface area (Å²) in [6.45, 7) is 4.66. The summed E-state index contributed by atoms with van der Waals surface area (Å²) in [5.41, 5.74) is 1.39. The third kappa shape index (κ3) is 3.38. The van der Waals surface area contributed by atoms with Crippen LogP contribution in [0.5, 0.6) is 5.75 Å². The van der Waals surface area contributed by atoms with E-state index in [1.54, 1.807) is 7.11 Å². The molecule has 1 heterocycles. The molecule has 4 rings (SSSR count). The van der Waals surface area contributed by atoms with Gasteiger partial charge in [-0.25, -0.2) is 0 Å². The van der Waals surface area contributed by atoms with Crippen LogP contribution in [0.1, 0.15) is 37.3 Å². The monoisotopic (exact) mass is 326 g/mol. The van der Waals surface area contributed by atoms with E-state index in [1.165, 1.54) is 50.9 Å². The standard InChI is InChI=1S/C21H30N2O/c1-24-20-6-4-5-18(13-20)21(23-9-2-3-10-23)15-22-14-19-12-16-7-8-17(19)11-16/h4-8,13,16-17,19,21-22H,2-3,9-12,14-15H2,1H3. The number of allylic oxidation sites excluding steroid dienone is 2. The van der Waals surface area contributed by atoms with Crippen molar-refractivity contribution in [3.63, 3.8) is 0 Å². The lowest BCUT2D eigenvalue weighted by atomic mass is 9.93. The summed E-state index contributed by atoms with van der Waals surface area (Å²) >= 11 is 0. The summed E-state index contributed by atoms with van der Waals surface area (Å²) in [6, 6.07) is 9.10. The first-order valence-electron chi connectivity index (χ1n) is 9.60. The summed E-state index contributed by atoms with van der Waals surface area (Å²) in [5, 5.41) is 3.81. The van der Waals surface area contributed by atoms with Crippen LogP contribution < -0.4 is 10.1 Å². The molecule has 3 heteroatoms. The summed E-state index contributed by atoms with van der Waals surface area (Å²) < 4.78 is 5.44. The van der Waals surface area contributed by atoms with Gasteiger partial charge >= 0.3 is 0 Å². The lowest BCUT2D eigenvalue weighted by Crippen LogP contribution is -2.36. The maximum absolute atomic E-state index is 5.44. The van der Waals surface area contributed by atoms with Crippen molar-refractivity contribution in [3.8, 4) is 5.75 Å². The van der Waals surface area contributed by atoms with E-state index in [2.05, 4.69) is 40.6 Å². The smallest absolute Gasteiger partial charge is 0.119 e. The van der Waals surface area contributed by atoms with Gasteiger partial charge in [0.25, 0.3) is 0 Å². The molecule has 3 aliphatic rings. The minimum Gasteiger partial charge on any atom is -0.497 e.